The van der Waals surface area contributed by atoms with Gasteiger partial charge in [-0.05, 0) is 31.0 Å². The summed E-state index contributed by atoms with van der Waals surface area (Å²) >= 11 is 12.0. The van der Waals surface area contributed by atoms with Gasteiger partial charge in [0.15, 0.2) is 0 Å². The minimum Gasteiger partial charge on any atom is -0.387 e. The number of nitriles is 1. The first kappa shape index (κ1) is 13.7. The molecular weight excluding hydrogens is 269 g/mol. The van der Waals surface area contributed by atoms with Crippen molar-refractivity contribution in [2.75, 3.05) is 0 Å². The van der Waals surface area contributed by atoms with Crippen LogP contribution < -0.4 is 0 Å². The smallest absolute Gasteiger partial charge is 0.0991 e. The van der Waals surface area contributed by atoms with Gasteiger partial charge in [0.05, 0.1) is 17.6 Å². The first-order valence-corrected chi connectivity index (χ1v) is 6.89. The third-order valence-electron chi connectivity index (χ3n) is 3.74. The molecule has 1 unspecified atom stereocenters. The van der Waals surface area contributed by atoms with Gasteiger partial charge in [0.25, 0.3) is 0 Å². The van der Waals surface area contributed by atoms with E-state index in [-0.39, 0.29) is 0 Å². The molecule has 4 heteroatoms. The van der Waals surface area contributed by atoms with Crippen LogP contribution >= 0.6 is 23.2 Å². The van der Waals surface area contributed by atoms with E-state index in [9.17, 15) is 10.4 Å². The summed E-state index contributed by atoms with van der Waals surface area (Å²) < 4.78 is 0. The molecule has 1 aromatic rings. The molecule has 1 aliphatic carbocycles. The van der Waals surface area contributed by atoms with Crippen molar-refractivity contribution in [1.82, 2.24) is 0 Å². The Morgan fingerprint density at radius 1 is 1.22 bits per heavy atom. The number of hydrogen-bond acceptors (Lipinski definition) is 2. The van der Waals surface area contributed by atoms with Crippen LogP contribution in [-0.2, 0) is 0 Å². The maximum atomic E-state index is 10.5. The normalized spacial score (nSPS) is 20.1. The van der Waals surface area contributed by atoms with Crippen LogP contribution in [0.4, 0.5) is 0 Å². The zero-order chi connectivity index (χ0) is 13.2. The second kappa shape index (κ2) is 5.48. The fourth-order valence-electron chi connectivity index (χ4n) is 2.65. The highest BCUT2D eigenvalue weighted by Gasteiger charge is 2.41. The molecule has 0 spiro atoms. The third-order valence-corrected chi connectivity index (χ3v) is 4.32. The highest BCUT2D eigenvalue weighted by molar-refractivity contribution is 6.33. The van der Waals surface area contributed by atoms with Gasteiger partial charge in [-0.1, -0.05) is 42.5 Å². The predicted octanol–water partition coefficient (Wildman–Crippen LogP) is 4.50. The van der Waals surface area contributed by atoms with Crippen molar-refractivity contribution < 1.29 is 5.11 Å². The molecule has 1 N–H and O–H groups in total. The Balaban J connectivity index is 2.37. The third kappa shape index (κ3) is 2.49. The zero-order valence-electron chi connectivity index (χ0n) is 10.00. The molecule has 1 fully saturated rings. The van der Waals surface area contributed by atoms with Crippen LogP contribution in [0, 0.1) is 16.7 Å². The van der Waals surface area contributed by atoms with Crippen molar-refractivity contribution in [2.45, 2.75) is 38.2 Å². The van der Waals surface area contributed by atoms with Crippen molar-refractivity contribution in [3.05, 3.63) is 33.8 Å². The van der Waals surface area contributed by atoms with Crippen LogP contribution in [0.15, 0.2) is 18.2 Å². The fraction of sp³-hybridized carbons (Fsp3) is 0.500. The zero-order valence-corrected chi connectivity index (χ0v) is 11.5. The lowest BCUT2D eigenvalue weighted by atomic mass is 9.69. The van der Waals surface area contributed by atoms with E-state index in [2.05, 4.69) is 6.07 Å². The summed E-state index contributed by atoms with van der Waals surface area (Å²) in [4.78, 5) is 0. The Hall–Kier alpha value is -0.750. The van der Waals surface area contributed by atoms with Gasteiger partial charge in [-0.3, -0.25) is 0 Å². The average molecular weight is 284 g/mol. The van der Waals surface area contributed by atoms with Crippen LogP contribution in [0.1, 0.15) is 43.8 Å². The number of hydrogen-bond donors (Lipinski definition) is 1. The van der Waals surface area contributed by atoms with Gasteiger partial charge < -0.3 is 5.11 Å². The van der Waals surface area contributed by atoms with Gasteiger partial charge in [0.2, 0.25) is 0 Å². The second-order valence-corrected chi connectivity index (χ2v) is 5.74. The van der Waals surface area contributed by atoms with Gasteiger partial charge in [0, 0.05) is 15.6 Å². The molecule has 18 heavy (non-hydrogen) atoms. The number of aliphatic hydroxyl groups is 1. The van der Waals surface area contributed by atoms with E-state index in [1.807, 2.05) is 0 Å². The number of rotatable bonds is 2. The van der Waals surface area contributed by atoms with Crippen LogP contribution in [0.5, 0.6) is 0 Å². The number of nitrogens with zero attached hydrogens (tertiary/aromatic N) is 1. The predicted molar refractivity (Wildman–Crippen MR) is 72.6 cm³/mol. The standard InChI is InChI=1S/C14H15Cl2NO/c15-10-4-5-12(16)11(8-10)13(18)14(9-17)6-2-1-3-7-14/h4-5,8,13,18H,1-3,6-7H2. The van der Waals surface area contributed by atoms with Crippen molar-refractivity contribution in [1.29, 1.82) is 5.26 Å². The van der Waals surface area contributed by atoms with E-state index in [0.29, 0.717) is 28.5 Å². The first-order chi connectivity index (χ1) is 8.59. The van der Waals surface area contributed by atoms with Crippen molar-refractivity contribution in [3.8, 4) is 6.07 Å². The van der Waals surface area contributed by atoms with Crippen LogP contribution in [0.2, 0.25) is 10.0 Å². The lowest BCUT2D eigenvalue weighted by molar-refractivity contribution is 0.0361. The molecule has 0 aromatic heterocycles. The summed E-state index contributed by atoms with van der Waals surface area (Å²) in [6.07, 6.45) is 3.64. The minimum atomic E-state index is -0.867. The maximum absolute atomic E-state index is 10.5. The Labute approximate surface area is 117 Å². The fourth-order valence-corrected chi connectivity index (χ4v) is 3.05. The van der Waals surface area contributed by atoms with Crippen LogP contribution in [0.25, 0.3) is 0 Å². The molecule has 0 aliphatic heterocycles. The largest absolute Gasteiger partial charge is 0.387 e. The molecule has 0 radical (unpaired) electrons. The van der Waals surface area contributed by atoms with E-state index < -0.39 is 11.5 Å². The number of aliphatic hydroxyl groups excluding tert-OH is 1. The Kier molecular flexibility index (Phi) is 4.17. The second-order valence-electron chi connectivity index (χ2n) is 4.90. The van der Waals surface area contributed by atoms with Crippen LogP contribution in [-0.4, -0.2) is 5.11 Å². The Morgan fingerprint density at radius 3 is 2.50 bits per heavy atom. The first-order valence-electron chi connectivity index (χ1n) is 6.13. The minimum absolute atomic E-state index is 0.465. The number of benzene rings is 1. The topological polar surface area (TPSA) is 44.0 Å². The monoisotopic (exact) mass is 283 g/mol. The molecule has 1 aliphatic rings. The van der Waals surface area contributed by atoms with Crippen molar-refractivity contribution in [2.24, 2.45) is 5.41 Å². The van der Waals surface area contributed by atoms with E-state index >= 15 is 0 Å². The Bertz CT molecular complexity index is 475. The molecule has 0 bridgehead atoms. The summed E-state index contributed by atoms with van der Waals surface area (Å²) in [5.41, 5.74) is -0.153. The molecule has 0 heterocycles. The summed E-state index contributed by atoms with van der Waals surface area (Å²) in [7, 11) is 0. The molecule has 0 amide bonds. The molecule has 1 saturated carbocycles. The van der Waals surface area contributed by atoms with Gasteiger partial charge in [-0.15, -0.1) is 0 Å². The summed E-state index contributed by atoms with van der Waals surface area (Å²) in [6.45, 7) is 0. The molecule has 96 valence electrons. The summed E-state index contributed by atoms with van der Waals surface area (Å²) in [5.74, 6) is 0. The van der Waals surface area contributed by atoms with Gasteiger partial charge in [-0.25, -0.2) is 0 Å². The average Bonchev–Trinajstić information content (AvgIpc) is 2.41. The number of halogens is 2. The quantitative estimate of drug-likeness (QED) is 0.868. The SMILES string of the molecule is N#CC1(C(O)c2cc(Cl)ccc2Cl)CCCCC1. The molecular formula is C14H15Cl2NO. The van der Waals surface area contributed by atoms with Crippen molar-refractivity contribution in [3.63, 3.8) is 0 Å². The summed E-state index contributed by atoms with van der Waals surface area (Å²) in [6, 6.07) is 7.31. The lowest BCUT2D eigenvalue weighted by Gasteiger charge is -2.35. The molecule has 2 nitrogen and oxygen atoms in total. The maximum Gasteiger partial charge on any atom is 0.0991 e. The Morgan fingerprint density at radius 2 is 1.89 bits per heavy atom. The van der Waals surface area contributed by atoms with Crippen molar-refractivity contribution >= 4 is 23.2 Å². The molecule has 2 rings (SSSR count). The summed E-state index contributed by atoms with van der Waals surface area (Å²) in [5, 5.41) is 21.0. The highest BCUT2D eigenvalue weighted by Crippen LogP contribution is 2.47. The molecule has 1 aromatic carbocycles. The van der Waals surface area contributed by atoms with Crippen LogP contribution in [0.3, 0.4) is 0 Å². The van der Waals surface area contributed by atoms with E-state index in [0.717, 1.165) is 19.3 Å². The van der Waals surface area contributed by atoms with E-state index in [1.165, 1.54) is 0 Å². The molecule has 1 atom stereocenters. The van der Waals surface area contributed by atoms with E-state index in [4.69, 9.17) is 23.2 Å². The molecule has 0 saturated heterocycles. The highest BCUT2D eigenvalue weighted by atomic mass is 35.5. The van der Waals surface area contributed by atoms with Gasteiger partial charge >= 0.3 is 0 Å². The van der Waals surface area contributed by atoms with E-state index in [1.54, 1.807) is 18.2 Å². The van der Waals surface area contributed by atoms with Gasteiger partial charge in [0.1, 0.15) is 0 Å². The lowest BCUT2D eigenvalue weighted by Crippen LogP contribution is -2.30. The van der Waals surface area contributed by atoms with Gasteiger partial charge in [-0.2, -0.15) is 5.26 Å².